The van der Waals surface area contributed by atoms with E-state index in [0.29, 0.717) is 0 Å². The minimum atomic E-state index is 0. The summed E-state index contributed by atoms with van der Waals surface area (Å²) in [4.78, 5) is 8.16. The topological polar surface area (TPSA) is 26.5 Å². The number of aromatic nitrogens is 1. The van der Waals surface area contributed by atoms with Crippen molar-refractivity contribution in [3.8, 4) is 0 Å². The Morgan fingerprint density at radius 2 is 1.92 bits per heavy atom. The third kappa shape index (κ3) is 2.71. The molecule has 1 aromatic rings. The van der Waals surface area contributed by atoms with Crippen molar-refractivity contribution in [2.24, 2.45) is 4.99 Å². The van der Waals surface area contributed by atoms with Crippen LogP contribution in [-0.2, 0) is 22.5 Å². The SMILES string of the molecule is C=Nc1[n-]c(C)cc1C(C)(C)C.[Cu+]. The molecular weight excluding hydrogens is 212 g/mol. The molecule has 0 spiro atoms. The van der Waals surface area contributed by atoms with E-state index in [1.54, 1.807) is 0 Å². The Morgan fingerprint density at radius 1 is 1.38 bits per heavy atom. The molecule has 0 saturated heterocycles. The predicted molar refractivity (Wildman–Crippen MR) is 52.4 cm³/mol. The Bertz CT molecular complexity index is 294. The number of nitrogens with zero attached hydrogens (tertiary/aromatic N) is 2. The summed E-state index contributed by atoms with van der Waals surface area (Å²) in [6, 6.07) is 2.07. The van der Waals surface area contributed by atoms with E-state index < -0.39 is 0 Å². The fourth-order valence-corrected chi connectivity index (χ4v) is 1.21. The number of rotatable bonds is 1. The molecule has 1 rings (SSSR count). The van der Waals surface area contributed by atoms with Crippen molar-refractivity contribution in [2.45, 2.75) is 33.1 Å². The number of hydrogen-bond donors (Lipinski definition) is 0. The third-order valence-electron chi connectivity index (χ3n) is 1.83. The van der Waals surface area contributed by atoms with Crippen molar-refractivity contribution in [3.63, 3.8) is 0 Å². The second-order valence-corrected chi connectivity index (χ2v) is 4.04. The van der Waals surface area contributed by atoms with Gasteiger partial charge in [0.2, 0.25) is 0 Å². The molecule has 0 fully saturated rings. The van der Waals surface area contributed by atoms with E-state index in [0.717, 1.165) is 11.5 Å². The maximum absolute atomic E-state index is 4.27. The Kier molecular flexibility index (Phi) is 3.95. The van der Waals surface area contributed by atoms with E-state index in [9.17, 15) is 0 Å². The summed E-state index contributed by atoms with van der Waals surface area (Å²) >= 11 is 0. The van der Waals surface area contributed by atoms with E-state index in [2.05, 4.69) is 43.5 Å². The molecule has 0 aliphatic rings. The van der Waals surface area contributed by atoms with Crippen LogP contribution in [-0.4, -0.2) is 6.72 Å². The van der Waals surface area contributed by atoms with E-state index >= 15 is 0 Å². The first-order valence-corrected chi connectivity index (χ1v) is 4.06. The minimum Gasteiger partial charge on any atom is -0.450 e. The monoisotopic (exact) mass is 226 g/mol. The molecule has 3 heteroatoms. The second-order valence-electron chi connectivity index (χ2n) is 4.04. The van der Waals surface area contributed by atoms with Gasteiger partial charge in [-0.15, -0.1) is 6.72 Å². The van der Waals surface area contributed by atoms with Crippen molar-refractivity contribution in [3.05, 3.63) is 17.3 Å². The molecule has 76 valence electrons. The summed E-state index contributed by atoms with van der Waals surface area (Å²) in [7, 11) is 0. The van der Waals surface area contributed by atoms with Gasteiger partial charge in [-0.2, -0.15) is 0 Å². The molecule has 0 aromatic carbocycles. The van der Waals surface area contributed by atoms with Gasteiger partial charge >= 0.3 is 17.1 Å². The summed E-state index contributed by atoms with van der Waals surface area (Å²) in [5.74, 6) is 0.778. The molecule has 0 unspecified atom stereocenters. The first-order chi connectivity index (χ1) is 5.45. The summed E-state index contributed by atoms with van der Waals surface area (Å²) < 4.78 is 0. The van der Waals surface area contributed by atoms with Crippen LogP contribution in [0.15, 0.2) is 11.1 Å². The summed E-state index contributed by atoms with van der Waals surface area (Å²) in [5.41, 5.74) is 2.30. The standard InChI is InChI=1S/C10H15N2.Cu/c1-7-6-8(10(2,3)4)9(11-5)12-7;/h6H,5H2,1-4H3;/q-1;+1. The van der Waals surface area contributed by atoms with Gasteiger partial charge in [0.25, 0.3) is 0 Å². The van der Waals surface area contributed by atoms with Crippen LogP contribution >= 0.6 is 0 Å². The molecule has 0 amide bonds. The van der Waals surface area contributed by atoms with Crippen LogP contribution in [0.4, 0.5) is 5.82 Å². The maximum atomic E-state index is 4.27. The Balaban J connectivity index is 0.00000144. The summed E-state index contributed by atoms with van der Waals surface area (Å²) in [6.45, 7) is 11.9. The van der Waals surface area contributed by atoms with Gasteiger partial charge in [0, 0.05) is 0 Å². The van der Waals surface area contributed by atoms with Crippen LogP contribution in [0.2, 0.25) is 0 Å². The zero-order valence-corrected chi connectivity index (χ0v) is 9.42. The number of aryl methyl sites for hydroxylation is 1. The first-order valence-electron chi connectivity index (χ1n) is 4.06. The molecule has 1 heterocycles. The second kappa shape index (κ2) is 4.12. The zero-order valence-electron chi connectivity index (χ0n) is 8.48. The fourth-order valence-electron chi connectivity index (χ4n) is 1.21. The van der Waals surface area contributed by atoms with Crippen molar-refractivity contribution < 1.29 is 17.1 Å². The smallest absolute Gasteiger partial charge is 0.450 e. The molecule has 2 nitrogen and oxygen atoms in total. The Morgan fingerprint density at radius 3 is 2.23 bits per heavy atom. The molecule has 13 heavy (non-hydrogen) atoms. The van der Waals surface area contributed by atoms with Crippen LogP contribution < -0.4 is 4.98 Å². The third-order valence-corrected chi connectivity index (χ3v) is 1.83. The van der Waals surface area contributed by atoms with Gasteiger partial charge in [-0.3, -0.25) is 0 Å². The fraction of sp³-hybridized carbons (Fsp3) is 0.500. The maximum Gasteiger partial charge on any atom is 1.00 e. The van der Waals surface area contributed by atoms with Crippen LogP contribution in [0.3, 0.4) is 0 Å². The number of hydrogen-bond acceptors (Lipinski definition) is 1. The molecule has 0 bridgehead atoms. The Labute approximate surface area is 90.3 Å². The molecule has 1 aromatic heterocycles. The molecule has 0 aliphatic carbocycles. The van der Waals surface area contributed by atoms with Crippen molar-refractivity contribution >= 4 is 12.5 Å². The van der Waals surface area contributed by atoms with Gasteiger partial charge in [0.15, 0.2) is 0 Å². The quantitative estimate of drug-likeness (QED) is 0.534. The van der Waals surface area contributed by atoms with Gasteiger partial charge in [0.1, 0.15) is 0 Å². The van der Waals surface area contributed by atoms with Crippen molar-refractivity contribution in [1.82, 2.24) is 4.98 Å². The van der Waals surface area contributed by atoms with Crippen molar-refractivity contribution in [2.75, 3.05) is 0 Å². The predicted octanol–water partition coefficient (Wildman–Crippen LogP) is 2.58. The average molecular weight is 227 g/mol. The van der Waals surface area contributed by atoms with Crippen LogP contribution in [0, 0.1) is 6.92 Å². The Hall–Kier alpha value is -0.531. The van der Waals surface area contributed by atoms with Crippen LogP contribution in [0.25, 0.3) is 0 Å². The van der Waals surface area contributed by atoms with Crippen LogP contribution in [0.5, 0.6) is 0 Å². The van der Waals surface area contributed by atoms with Gasteiger partial charge in [0.05, 0.1) is 0 Å². The van der Waals surface area contributed by atoms with Gasteiger partial charge in [-0.05, 0) is 17.9 Å². The number of aliphatic imine (C=N–C) groups is 1. The van der Waals surface area contributed by atoms with E-state index in [1.165, 1.54) is 5.56 Å². The normalized spacial score (nSPS) is 10.8. The average Bonchev–Trinajstić information content (AvgIpc) is 2.29. The molecule has 0 radical (unpaired) electrons. The van der Waals surface area contributed by atoms with Gasteiger partial charge < -0.3 is 9.98 Å². The molecular formula is C10H15CuN2. The van der Waals surface area contributed by atoms with E-state index in [1.807, 2.05) is 6.92 Å². The largest absolute Gasteiger partial charge is 1.00 e. The van der Waals surface area contributed by atoms with E-state index in [-0.39, 0.29) is 22.5 Å². The minimum absolute atomic E-state index is 0. The van der Waals surface area contributed by atoms with E-state index in [4.69, 9.17) is 0 Å². The molecule has 0 saturated carbocycles. The van der Waals surface area contributed by atoms with Crippen molar-refractivity contribution in [1.29, 1.82) is 0 Å². The summed E-state index contributed by atoms with van der Waals surface area (Å²) in [5, 5.41) is 0. The van der Waals surface area contributed by atoms with Gasteiger partial charge in [-0.1, -0.05) is 38.3 Å². The molecule has 0 aliphatic heterocycles. The zero-order chi connectivity index (χ0) is 9.35. The van der Waals surface area contributed by atoms with Crippen LogP contribution in [0.1, 0.15) is 32.0 Å². The summed E-state index contributed by atoms with van der Waals surface area (Å²) in [6.07, 6.45) is 0. The molecule has 0 N–H and O–H groups in total. The first kappa shape index (κ1) is 12.5. The van der Waals surface area contributed by atoms with Gasteiger partial charge in [-0.25, -0.2) is 0 Å². The molecule has 0 atom stereocenters.